The first kappa shape index (κ1) is 26.4. The van der Waals surface area contributed by atoms with E-state index in [1.54, 1.807) is 43.3 Å². The van der Waals surface area contributed by atoms with Gasteiger partial charge in [0.1, 0.15) is 11.5 Å². The molecular weight excluding hydrogens is 484 g/mol. The first-order chi connectivity index (χ1) is 17.9. The molecule has 9 heteroatoms. The Kier molecular flexibility index (Phi) is 6.95. The lowest BCUT2D eigenvalue weighted by molar-refractivity contribution is -0.152. The zero-order valence-electron chi connectivity index (χ0n) is 22.2. The van der Waals surface area contributed by atoms with Crippen molar-refractivity contribution in [1.82, 2.24) is 0 Å². The molecule has 4 rings (SSSR count). The van der Waals surface area contributed by atoms with Crippen molar-refractivity contribution in [3.63, 3.8) is 0 Å². The van der Waals surface area contributed by atoms with Crippen LogP contribution in [0.3, 0.4) is 0 Å². The number of benzene rings is 3. The fourth-order valence-electron chi connectivity index (χ4n) is 3.92. The van der Waals surface area contributed by atoms with Gasteiger partial charge >= 0.3 is 11.9 Å². The molecule has 3 aromatic rings. The quantitative estimate of drug-likeness (QED) is 0.286. The Balaban J connectivity index is 1.62. The number of nitrogens with zero attached hydrogens (tertiary/aromatic N) is 3. The van der Waals surface area contributed by atoms with E-state index in [0.717, 1.165) is 16.7 Å². The van der Waals surface area contributed by atoms with Gasteiger partial charge in [0.2, 0.25) is 0 Å². The van der Waals surface area contributed by atoms with E-state index in [-0.39, 0.29) is 17.4 Å². The van der Waals surface area contributed by atoms with Gasteiger partial charge in [-0.15, -0.1) is 0 Å². The number of phenolic OH excluding ortho intramolecular Hbond substituents is 1. The molecular formula is C29H30N4O5. The van der Waals surface area contributed by atoms with E-state index < -0.39 is 11.6 Å². The topological polar surface area (TPSA) is 124 Å². The van der Waals surface area contributed by atoms with Crippen molar-refractivity contribution in [3.8, 4) is 22.6 Å². The summed E-state index contributed by atoms with van der Waals surface area (Å²) in [5.74, 6) is -1.21. The highest BCUT2D eigenvalue weighted by molar-refractivity contribution is 6.71. The van der Waals surface area contributed by atoms with Gasteiger partial charge < -0.3 is 14.9 Å². The average molecular weight is 515 g/mol. The lowest BCUT2D eigenvalue weighted by Crippen LogP contribution is -2.37. The van der Waals surface area contributed by atoms with Gasteiger partial charge in [-0.1, -0.05) is 18.2 Å². The van der Waals surface area contributed by atoms with Crippen molar-refractivity contribution in [2.75, 3.05) is 10.4 Å². The van der Waals surface area contributed by atoms with Crippen LogP contribution in [-0.2, 0) is 9.59 Å². The third-order valence-electron chi connectivity index (χ3n) is 6.30. The standard InChI is InChI=1S/C29H30N4O5/c1-16-12-23(20-8-7-9-22(15-20)38-29(5,6)28(36)37)26(34)24(13-16)30-31-25-19(4)32-33(27(25)35)21-11-10-17(2)18(3)14-21/h7-15,30,34H,1-6H3,(H,36,37). The molecule has 1 aliphatic rings. The molecule has 9 nitrogen and oxygen atoms in total. The van der Waals surface area contributed by atoms with Crippen molar-refractivity contribution in [2.45, 2.75) is 47.1 Å². The van der Waals surface area contributed by atoms with Crippen LogP contribution in [0.4, 0.5) is 11.4 Å². The fraction of sp³-hybridized carbons (Fsp3) is 0.241. The number of hydrogen-bond donors (Lipinski definition) is 3. The molecule has 1 amide bonds. The number of aliphatic carboxylic acids is 1. The second-order valence-corrected chi connectivity index (χ2v) is 9.80. The van der Waals surface area contributed by atoms with E-state index in [1.165, 1.54) is 18.9 Å². The fourth-order valence-corrected chi connectivity index (χ4v) is 3.92. The second-order valence-electron chi connectivity index (χ2n) is 9.80. The number of aryl methyl sites for hydroxylation is 3. The van der Waals surface area contributed by atoms with Gasteiger partial charge in [0.05, 0.1) is 17.1 Å². The number of aromatic hydroxyl groups is 1. The average Bonchev–Trinajstić information content (AvgIpc) is 3.14. The van der Waals surface area contributed by atoms with Crippen molar-refractivity contribution in [3.05, 3.63) is 71.3 Å². The van der Waals surface area contributed by atoms with Gasteiger partial charge in [-0.25, -0.2) is 4.79 Å². The minimum atomic E-state index is -1.42. The summed E-state index contributed by atoms with van der Waals surface area (Å²) < 4.78 is 5.65. The molecule has 0 atom stereocenters. The third kappa shape index (κ3) is 5.22. The molecule has 0 unspecified atom stereocenters. The number of phenols is 1. The zero-order chi connectivity index (χ0) is 27.8. The Morgan fingerprint density at radius 1 is 1.03 bits per heavy atom. The highest BCUT2D eigenvalue weighted by Gasteiger charge is 2.31. The molecule has 0 bridgehead atoms. The van der Waals surface area contributed by atoms with E-state index in [2.05, 4.69) is 15.6 Å². The van der Waals surface area contributed by atoms with Crippen LogP contribution in [-0.4, -0.2) is 39.1 Å². The largest absolute Gasteiger partial charge is 0.505 e. The molecule has 3 aromatic carbocycles. The number of ether oxygens (including phenoxy) is 1. The lowest BCUT2D eigenvalue weighted by atomic mass is 10.0. The minimum absolute atomic E-state index is 0.0827. The summed E-state index contributed by atoms with van der Waals surface area (Å²) in [7, 11) is 0. The maximum absolute atomic E-state index is 13.1. The van der Waals surface area contributed by atoms with Crippen LogP contribution in [0.25, 0.3) is 11.1 Å². The van der Waals surface area contributed by atoms with Crippen molar-refractivity contribution in [2.24, 2.45) is 10.2 Å². The predicted molar refractivity (Wildman–Crippen MR) is 148 cm³/mol. The highest BCUT2D eigenvalue weighted by atomic mass is 16.5. The maximum atomic E-state index is 13.1. The summed E-state index contributed by atoms with van der Waals surface area (Å²) in [6, 6.07) is 16.0. The number of carboxylic acid groups (broad SMARTS) is 1. The zero-order valence-corrected chi connectivity index (χ0v) is 22.2. The monoisotopic (exact) mass is 514 g/mol. The van der Waals surface area contributed by atoms with Crippen LogP contribution in [0.15, 0.2) is 64.8 Å². The maximum Gasteiger partial charge on any atom is 0.347 e. The van der Waals surface area contributed by atoms with Crippen LogP contribution in [0.5, 0.6) is 11.5 Å². The molecule has 1 aliphatic heterocycles. The second kappa shape index (κ2) is 10.0. The van der Waals surface area contributed by atoms with Gasteiger partial charge in [0, 0.05) is 5.56 Å². The van der Waals surface area contributed by atoms with Crippen LogP contribution in [0.2, 0.25) is 0 Å². The molecule has 0 spiro atoms. The molecule has 1 heterocycles. The van der Waals surface area contributed by atoms with Crippen LogP contribution >= 0.6 is 0 Å². The van der Waals surface area contributed by atoms with Crippen LogP contribution in [0.1, 0.15) is 37.5 Å². The molecule has 0 saturated heterocycles. The number of amides is 1. The highest BCUT2D eigenvalue weighted by Crippen LogP contribution is 2.38. The summed E-state index contributed by atoms with van der Waals surface area (Å²) >= 11 is 0. The molecule has 38 heavy (non-hydrogen) atoms. The molecule has 0 aliphatic carbocycles. The number of hydrazone groups is 2. The summed E-state index contributed by atoms with van der Waals surface area (Å²) in [6.07, 6.45) is 0. The van der Waals surface area contributed by atoms with E-state index >= 15 is 0 Å². The Morgan fingerprint density at radius 2 is 1.76 bits per heavy atom. The number of rotatable bonds is 7. The first-order valence-electron chi connectivity index (χ1n) is 12.0. The third-order valence-corrected chi connectivity index (χ3v) is 6.30. The Bertz CT molecular complexity index is 1510. The number of carbonyl (C=O) groups excluding carboxylic acids is 1. The lowest BCUT2D eigenvalue weighted by Gasteiger charge is -2.22. The van der Waals surface area contributed by atoms with Gasteiger partial charge in [-0.05, 0) is 100 Å². The number of nitrogens with one attached hydrogen (secondary N) is 1. The Hall–Kier alpha value is -4.66. The molecule has 3 N–H and O–H groups in total. The van der Waals surface area contributed by atoms with E-state index in [0.29, 0.717) is 34.0 Å². The summed E-state index contributed by atoms with van der Waals surface area (Å²) in [6.45, 7) is 10.5. The summed E-state index contributed by atoms with van der Waals surface area (Å²) in [5.41, 5.74) is 7.04. The number of carboxylic acids is 1. The molecule has 0 radical (unpaired) electrons. The molecule has 0 aromatic heterocycles. The number of anilines is 2. The van der Waals surface area contributed by atoms with Crippen LogP contribution in [0, 0.1) is 20.8 Å². The normalized spacial score (nSPS) is 14.6. The number of hydrogen-bond acceptors (Lipinski definition) is 7. The molecule has 0 saturated carbocycles. The molecule has 0 fully saturated rings. The van der Waals surface area contributed by atoms with E-state index in [4.69, 9.17) is 4.74 Å². The predicted octanol–water partition coefficient (Wildman–Crippen LogP) is 5.42. The van der Waals surface area contributed by atoms with Gasteiger partial charge in [0.25, 0.3) is 0 Å². The van der Waals surface area contributed by atoms with Gasteiger partial charge in [-0.2, -0.15) is 15.2 Å². The van der Waals surface area contributed by atoms with Crippen LogP contribution < -0.4 is 15.2 Å². The minimum Gasteiger partial charge on any atom is -0.505 e. The van der Waals surface area contributed by atoms with Crippen molar-refractivity contribution in [1.29, 1.82) is 0 Å². The smallest absolute Gasteiger partial charge is 0.347 e. The summed E-state index contributed by atoms with van der Waals surface area (Å²) in [4.78, 5) is 24.6. The van der Waals surface area contributed by atoms with Gasteiger partial charge in [-0.3, -0.25) is 10.2 Å². The van der Waals surface area contributed by atoms with Gasteiger partial charge in [0.15, 0.2) is 11.3 Å². The number of carbonyl (C=O) groups is 2. The SMILES string of the molecule is CC1=NN(c2ccc(C)c(C)c2)C(=O)C1=NNc1cc(C)cc(-c2cccc(OC(C)(C)C(=O)O)c2)c1O. The van der Waals surface area contributed by atoms with E-state index in [9.17, 15) is 19.8 Å². The van der Waals surface area contributed by atoms with Crippen molar-refractivity contribution >= 4 is 34.7 Å². The Morgan fingerprint density at radius 3 is 2.45 bits per heavy atom. The van der Waals surface area contributed by atoms with E-state index in [1.807, 2.05) is 39.0 Å². The Labute approximate surface area is 221 Å². The van der Waals surface area contributed by atoms with Crippen molar-refractivity contribution < 1.29 is 24.5 Å². The molecule has 196 valence electrons. The summed E-state index contributed by atoms with van der Waals surface area (Å²) in [5, 5.41) is 30.4. The first-order valence-corrected chi connectivity index (χ1v) is 12.0.